The molecule has 2 fully saturated rings. The average Bonchev–Trinajstić information content (AvgIpc) is 2.97. The monoisotopic (exact) mass is 559 g/mol. The van der Waals surface area contributed by atoms with Crippen molar-refractivity contribution in [2.75, 3.05) is 49.7 Å². The Hall–Kier alpha value is -4.11. The van der Waals surface area contributed by atoms with Crippen LogP contribution in [-0.2, 0) is 23.9 Å². The molecule has 14 heteroatoms. The van der Waals surface area contributed by atoms with Crippen molar-refractivity contribution in [2.24, 2.45) is 5.90 Å². The van der Waals surface area contributed by atoms with Gasteiger partial charge in [0, 0.05) is 31.0 Å². The van der Waals surface area contributed by atoms with Crippen LogP contribution in [0.15, 0.2) is 42.5 Å². The lowest BCUT2D eigenvalue weighted by molar-refractivity contribution is -0.150. The number of anilines is 2. The fourth-order valence-electron chi connectivity index (χ4n) is 4.37. The number of nitrogens with one attached hydrogen (secondary N) is 2. The van der Waals surface area contributed by atoms with Crippen molar-refractivity contribution >= 4 is 35.2 Å². The largest absolute Gasteiger partial charge is 0.426 e. The third kappa shape index (κ3) is 6.54. The van der Waals surface area contributed by atoms with Crippen molar-refractivity contribution in [3.8, 4) is 0 Å². The summed E-state index contributed by atoms with van der Waals surface area (Å²) in [6.45, 7) is 3.12. The van der Waals surface area contributed by atoms with E-state index in [4.69, 9.17) is 15.4 Å². The minimum absolute atomic E-state index is 0.00428. The van der Waals surface area contributed by atoms with Gasteiger partial charge >= 0.3 is 6.09 Å². The summed E-state index contributed by atoms with van der Waals surface area (Å²) in [4.78, 5) is 56.9. The van der Waals surface area contributed by atoms with Crippen LogP contribution >= 0.6 is 0 Å². The molecule has 0 saturated carbocycles. The molecular formula is C26H30FN5O8. The lowest BCUT2D eigenvalue weighted by atomic mass is 10.1. The van der Waals surface area contributed by atoms with Crippen LogP contribution in [0.5, 0.6) is 0 Å². The summed E-state index contributed by atoms with van der Waals surface area (Å²) in [7, 11) is 0. The van der Waals surface area contributed by atoms with Crippen molar-refractivity contribution < 1.29 is 43.0 Å². The van der Waals surface area contributed by atoms with Gasteiger partial charge in [-0.05, 0) is 42.8 Å². The summed E-state index contributed by atoms with van der Waals surface area (Å²) in [5.74, 6) is 1.97. The van der Waals surface area contributed by atoms with Crippen LogP contribution in [0.25, 0.3) is 0 Å². The number of aliphatic hydroxyl groups excluding tert-OH is 1. The molecule has 0 radical (unpaired) electrons. The number of hydrogen-bond acceptors (Lipinski definition) is 9. The quantitative estimate of drug-likeness (QED) is 0.356. The van der Waals surface area contributed by atoms with Gasteiger partial charge in [-0.1, -0.05) is 12.1 Å². The first-order chi connectivity index (χ1) is 19.2. The lowest BCUT2D eigenvalue weighted by Crippen LogP contribution is -2.55. The van der Waals surface area contributed by atoms with E-state index in [0.29, 0.717) is 37.6 Å². The number of carbonyl (C=O) groups excluding carboxylic acids is 4. The van der Waals surface area contributed by atoms with Crippen LogP contribution in [0.2, 0.25) is 0 Å². The van der Waals surface area contributed by atoms with Crippen molar-refractivity contribution in [2.45, 2.75) is 25.2 Å². The highest BCUT2D eigenvalue weighted by atomic mass is 19.1. The maximum absolute atomic E-state index is 14.6. The Morgan fingerprint density at radius 3 is 2.48 bits per heavy atom. The highest BCUT2D eigenvalue weighted by Crippen LogP contribution is 2.25. The first-order valence-corrected chi connectivity index (χ1v) is 12.5. The zero-order valence-corrected chi connectivity index (χ0v) is 21.7. The number of aliphatic hydroxyl groups is 1. The van der Waals surface area contributed by atoms with Crippen LogP contribution in [0.1, 0.15) is 28.9 Å². The van der Waals surface area contributed by atoms with E-state index in [9.17, 15) is 28.7 Å². The molecule has 4 rings (SSSR count). The predicted molar refractivity (Wildman–Crippen MR) is 139 cm³/mol. The van der Waals surface area contributed by atoms with Crippen molar-refractivity contribution in [3.05, 3.63) is 59.4 Å². The van der Waals surface area contributed by atoms with Crippen LogP contribution in [0.4, 0.5) is 20.6 Å². The number of nitrogens with zero attached hydrogens (tertiary/aromatic N) is 2. The molecule has 2 heterocycles. The van der Waals surface area contributed by atoms with Gasteiger partial charge in [-0.25, -0.2) is 9.18 Å². The second-order valence-corrected chi connectivity index (χ2v) is 9.18. The van der Waals surface area contributed by atoms with Crippen molar-refractivity contribution in [3.63, 3.8) is 0 Å². The molecule has 0 aliphatic carbocycles. The molecule has 0 bridgehead atoms. The van der Waals surface area contributed by atoms with E-state index in [-0.39, 0.29) is 24.4 Å². The van der Waals surface area contributed by atoms with Crippen LogP contribution in [0, 0.1) is 5.82 Å². The Kier molecular flexibility index (Phi) is 9.26. The zero-order valence-electron chi connectivity index (χ0n) is 21.7. The van der Waals surface area contributed by atoms with Crippen LogP contribution < -0.4 is 21.4 Å². The van der Waals surface area contributed by atoms with Gasteiger partial charge in [0.1, 0.15) is 5.82 Å². The molecule has 4 amide bonds. The molecule has 3 unspecified atom stereocenters. The smallest absolute Gasteiger partial charge is 0.380 e. The van der Waals surface area contributed by atoms with E-state index in [0.717, 1.165) is 6.07 Å². The topological polar surface area (TPSA) is 173 Å². The van der Waals surface area contributed by atoms with Gasteiger partial charge in [0.25, 0.3) is 17.7 Å². The number of benzene rings is 2. The summed E-state index contributed by atoms with van der Waals surface area (Å²) in [6.07, 6.45) is -4.19. The zero-order chi connectivity index (χ0) is 28.8. The molecule has 0 spiro atoms. The maximum Gasteiger partial charge on any atom is 0.426 e. The van der Waals surface area contributed by atoms with E-state index in [1.165, 1.54) is 21.9 Å². The minimum atomic E-state index is -1.86. The lowest BCUT2D eigenvalue weighted by Gasteiger charge is -2.34. The number of nitrogens with two attached hydrogens (primary N) is 1. The number of halogens is 1. The molecule has 2 saturated heterocycles. The SMILES string of the molecule is CC(NC(=O)ON)c1ccc(NC(=O)C(O)C2OCCN(c3ccc(F)c(C(=O)N4CCOCC4)c3)C2=O)cc1. The molecule has 2 aromatic rings. The van der Waals surface area contributed by atoms with Crippen molar-refractivity contribution in [1.82, 2.24) is 10.2 Å². The van der Waals surface area contributed by atoms with Gasteiger partial charge in [0.05, 0.1) is 31.4 Å². The third-order valence-electron chi connectivity index (χ3n) is 6.59. The first-order valence-electron chi connectivity index (χ1n) is 12.5. The Morgan fingerprint density at radius 1 is 1.10 bits per heavy atom. The van der Waals surface area contributed by atoms with Crippen molar-refractivity contribution in [1.29, 1.82) is 0 Å². The summed E-state index contributed by atoms with van der Waals surface area (Å²) in [5, 5.41) is 15.7. The predicted octanol–water partition coefficient (Wildman–Crippen LogP) is 0.690. The van der Waals surface area contributed by atoms with Gasteiger partial charge in [-0.3, -0.25) is 14.4 Å². The molecule has 2 aliphatic heterocycles. The first kappa shape index (κ1) is 28.9. The van der Waals surface area contributed by atoms with Crippen LogP contribution in [-0.4, -0.2) is 85.5 Å². The van der Waals surface area contributed by atoms with Gasteiger partial charge < -0.3 is 39.9 Å². The molecule has 2 aromatic carbocycles. The molecule has 2 aliphatic rings. The second-order valence-electron chi connectivity index (χ2n) is 9.18. The standard InChI is InChI=1S/C26H30FN5O8/c1-15(29-26(37)40-28)16-2-4-17(5-3-16)30-23(34)21(33)22-25(36)32(10-13-39-22)18-6-7-20(27)19(14-18)24(35)31-8-11-38-12-9-31/h2-7,14-15,21-22,33H,8-13,28H2,1H3,(H,29,37)(H,30,34). The van der Waals surface area contributed by atoms with E-state index in [1.807, 2.05) is 0 Å². The van der Waals surface area contributed by atoms with E-state index in [2.05, 4.69) is 15.5 Å². The number of amides is 4. The van der Waals surface area contributed by atoms with Gasteiger partial charge in [-0.2, -0.15) is 5.90 Å². The van der Waals surface area contributed by atoms with Gasteiger partial charge in [0.15, 0.2) is 12.2 Å². The Bertz CT molecular complexity index is 1250. The van der Waals surface area contributed by atoms with Crippen LogP contribution in [0.3, 0.4) is 0 Å². The fraction of sp³-hybridized carbons (Fsp3) is 0.385. The molecule has 214 valence electrons. The molecule has 5 N–H and O–H groups in total. The third-order valence-corrected chi connectivity index (χ3v) is 6.59. The molecular weight excluding hydrogens is 529 g/mol. The highest BCUT2D eigenvalue weighted by Gasteiger charge is 2.39. The molecule has 3 atom stereocenters. The number of morpholine rings is 2. The Balaban J connectivity index is 1.42. The minimum Gasteiger partial charge on any atom is -0.380 e. The number of ether oxygens (including phenoxy) is 2. The summed E-state index contributed by atoms with van der Waals surface area (Å²) >= 11 is 0. The Morgan fingerprint density at radius 2 is 1.80 bits per heavy atom. The van der Waals surface area contributed by atoms with Gasteiger partial charge in [0.2, 0.25) is 0 Å². The summed E-state index contributed by atoms with van der Waals surface area (Å²) in [5.41, 5.74) is 1.06. The van der Waals surface area contributed by atoms with E-state index in [1.54, 1.807) is 31.2 Å². The molecule has 40 heavy (non-hydrogen) atoms. The highest BCUT2D eigenvalue weighted by molar-refractivity contribution is 6.04. The fourth-order valence-corrected chi connectivity index (χ4v) is 4.37. The normalized spacial score (nSPS) is 19.0. The average molecular weight is 560 g/mol. The number of carbonyl (C=O) groups is 4. The van der Waals surface area contributed by atoms with Gasteiger partial charge in [-0.15, -0.1) is 0 Å². The number of hydrogen-bond donors (Lipinski definition) is 4. The maximum atomic E-state index is 14.6. The Labute approximate surface area is 228 Å². The van der Waals surface area contributed by atoms with E-state index >= 15 is 0 Å². The summed E-state index contributed by atoms with van der Waals surface area (Å²) in [6, 6.07) is 9.67. The molecule has 13 nitrogen and oxygen atoms in total. The molecule has 0 aromatic heterocycles. The second kappa shape index (κ2) is 12.8. The summed E-state index contributed by atoms with van der Waals surface area (Å²) < 4.78 is 25.2. The number of rotatable bonds is 7. The van der Waals surface area contributed by atoms with E-state index < -0.39 is 47.9 Å².